The summed E-state index contributed by atoms with van der Waals surface area (Å²) >= 11 is 0. The molecule has 7 heteroatoms. The maximum Gasteiger partial charge on any atom is 0.329 e. The zero-order valence-corrected chi connectivity index (χ0v) is 17.7. The van der Waals surface area contributed by atoms with E-state index in [0.717, 1.165) is 24.0 Å². The minimum atomic E-state index is -0.738. The summed E-state index contributed by atoms with van der Waals surface area (Å²) in [6, 6.07) is 6.99. The predicted molar refractivity (Wildman–Crippen MR) is 108 cm³/mol. The molecular formula is C22H32N2O5. The fourth-order valence-electron chi connectivity index (χ4n) is 3.60. The van der Waals surface area contributed by atoms with Gasteiger partial charge in [0.05, 0.1) is 0 Å². The van der Waals surface area contributed by atoms with Gasteiger partial charge in [-0.1, -0.05) is 44.0 Å². The van der Waals surface area contributed by atoms with Crippen molar-refractivity contribution < 1.29 is 24.3 Å². The number of carbonyl (C=O) groups excluding carboxylic acids is 3. The summed E-state index contributed by atoms with van der Waals surface area (Å²) in [4.78, 5) is 39.6. The molecular weight excluding hydrogens is 372 g/mol. The van der Waals surface area contributed by atoms with Crippen LogP contribution in [0.15, 0.2) is 24.3 Å². The Kier molecular flexibility index (Phi) is 7.79. The zero-order chi connectivity index (χ0) is 21.6. The molecule has 2 atom stereocenters. The third-order valence-corrected chi connectivity index (χ3v) is 5.02. The average molecular weight is 405 g/mol. The van der Waals surface area contributed by atoms with Gasteiger partial charge < -0.3 is 9.64 Å². The lowest BCUT2D eigenvalue weighted by Crippen LogP contribution is -2.52. The van der Waals surface area contributed by atoms with E-state index in [2.05, 4.69) is 0 Å². The summed E-state index contributed by atoms with van der Waals surface area (Å²) in [5.74, 6) is -1.91. The van der Waals surface area contributed by atoms with E-state index in [1.54, 1.807) is 31.2 Å². The topological polar surface area (TPSA) is 95.9 Å². The van der Waals surface area contributed by atoms with Crippen LogP contribution in [0.5, 0.6) is 0 Å². The number of benzene rings is 1. The van der Waals surface area contributed by atoms with Crippen molar-refractivity contribution in [3.63, 3.8) is 0 Å². The van der Waals surface area contributed by atoms with Crippen molar-refractivity contribution in [3.05, 3.63) is 35.4 Å². The maximum atomic E-state index is 13.4. The lowest BCUT2D eigenvalue weighted by atomic mass is 9.90. The van der Waals surface area contributed by atoms with Crippen LogP contribution in [0.2, 0.25) is 0 Å². The number of unbranched alkanes of at least 4 members (excludes halogenated alkanes) is 1. The molecule has 1 aromatic rings. The molecule has 0 aliphatic carbocycles. The summed E-state index contributed by atoms with van der Waals surface area (Å²) < 4.78 is 5.58. The van der Waals surface area contributed by atoms with Crippen molar-refractivity contribution in [1.29, 1.82) is 0 Å². The van der Waals surface area contributed by atoms with Crippen LogP contribution in [0.25, 0.3) is 0 Å². The molecule has 0 fully saturated rings. The number of hydrogen-bond acceptors (Lipinski definition) is 5. The van der Waals surface area contributed by atoms with Gasteiger partial charge in [-0.15, -0.1) is 0 Å². The van der Waals surface area contributed by atoms with E-state index >= 15 is 0 Å². The second-order valence-electron chi connectivity index (χ2n) is 8.57. The first-order valence-corrected chi connectivity index (χ1v) is 10.2. The summed E-state index contributed by atoms with van der Waals surface area (Å²) in [6.45, 7) is 7.69. The highest BCUT2D eigenvalue weighted by Gasteiger charge is 2.39. The minimum absolute atomic E-state index is 0.117. The van der Waals surface area contributed by atoms with Gasteiger partial charge in [0.25, 0.3) is 0 Å². The quantitative estimate of drug-likeness (QED) is 0.414. The predicted octanol–water partition coefficient (Wildman–Crippen LogP) is 2.98. The van der Waals surface area contributed by atoms with Gasteiger partial charge in [-0.2, -0.15) is 0 Å². The molecule has 0 saturated carbocycles. The first kappa shape index (κ1) is 22.9. The lowest BCUT2D eigenvalue weighted by molar-refractivity contribution is -0.167. The summed E-state index contributed by atoms with van der Waals surface area (Å²) in [6.07, 6.45) is 2.43. The molecule has 1 aliphatic heterocycles. The first-order chi connectivity index (χ1) is 13.7. The van der Waals surface area contributed by atoms with Crippen molar-refractivity contribution >= 4 is 17.8 Å². The van der Waals surface area contributed by atoms with Gasteiger partial charge in [0.15, 0.2) is 0 Å². The smallest absolute Gasteiger partial charge is 0.329 e. The van der Waals surface area contributed by atoms with Gasteiger partial charge >= 0.3 is 5.97 Å². The van der Waals surface area contributed by atoms with Gasteiger partial charge in [-0.3, -0.25) is 14.8 Å². The fraction of sp³-hybridized carbons (Fsp3) is 0.591. The van der Waals surface area contributed by atoms with E-state index in [1.165, 1.54) is 0 Å². The Labute approximate surface area is 172 Å². The molecule has 0 bridgehead atoms. The van der Waals surface area contributed by atoms with Crippen LogP contribution in [0.4, 0.5) is 0 Å². The molecule has 0 unspecified atom stereocenters. The van der Waals surface area contributed by atoms with Gasteiger partial charge in [-0.25, -0.2) is 10.3 Å². The first-order valence-electron chi connectivity index (χ1n) is 10.2. The third-order valence-electron chi connectivity index (χ3n) is 5.02. The Morgan fingerprint density at radius 2 is 1.90 bits per heavy atom. The standard InChI is InChI=1S/C22H32N2O5/c1-5-6-9-16(13-19(25)23-28)20(26)24-14-17-11-8-7-10-15(17)12-18(24)21(27)29-22(2,3)4/h7-8,10-11,16,18,28H,5-6,9,12-14H2,1-4H3,(H,23,25)/t16-,18+/m1/s1. The maximum absolute atomic E-state index is 13.4. The Bertz CT molecular complexity index is 741. The summed E-state index contributed by atoms with van der Waals surface area (Å²) in [7, 11) is 0. The highest BCUT2D eigenvalue weighted by molar-refractivity contribution is 5.89. The largest absolute Gasteiger partial charge is 0.458 e. The number of esters is 1. The van der Waals surface area contributed by atoms with Crippen LogP contribution in [0, 0.1) is 5.92 Å². The second-order valence-corrected chi connectivity index (χ2v) is 8.57. The summed E-state index contributed by atoms with van der Waals surface area (Å²) in [5.41, 5.74) is 2.95. The number of hydroxylamine groups is 1. The fourth-order valence-corrected chi connectivity index (χ4v) is 3.60. The van der Waals surface area contributed by atoms with E-state index in [4.69, 9.17) is 9.94 Å². The third kappa shape index (κ3) is 6.29. The number of fused-ring (bicyclic) bond motifs is 1. The number of carbonyl (C=O) groups is 3. The molecule has 2 rings (SSSR count). The van der Waals surface area contributed by atoms with Gasteiger partial charge in [-0.05, 0) is 38.3 Å². The van der Waals surface area contributed by atoms with Crippen molar-refractivity contribution in [2.75, 3.05) is 0 Å². The van der Waals surface area contributed by atoms with Gasteiger partial charge in [0, 0.05) is 25.3 Å². The van der Waals surface area contributed by atoms with E-state index in [1.807, 2.05) is 31.2 Å². The second kappa shape index (κ2) is 9.87. The molecule has 1 aromatic carbocycles. The Morgan fingerprint density at radius 1 is 1.24 bits per heavy atom. The Balaban J connectivity index is 2.33. The van der Waals surface area contributed by atoms with Crippen molar-refractivity contribution in [2.45, 2.75) is 78.0 Å². The number of nitrogens with one attached hydrogen (secondary N) is 1. The number of nitrogens with zero attached hydrogens (tertiary/aromatic N) is 1. The summed E-state index contributed by atoms with van der Waals surface area (Å²) in [5, 5.41) is 8.90. The lowest BCUT2D eigenvalue weighted by Gasteiger charge is -2.38. The van der Waals surface area contributed by atoms with E-state index < -0.39 is 29.4 Å². The highest BCUT2D eigenvalue weighted by Crippen LogP contribution is 2.28. The Morgan fingerprint density at radius 3 is 2.48 bits per heavy atom. The SMILES string of the molecule is CCCC[C@H](CC(=O)NO)C(=O)N1Cc2ccccc2C[C@H]1C(=O)OC(C)(C)C. The van der Waals surface area contributed by atoms with Gasteiger partial charge in [0.2, 0.25) is 11.8 Å². The highest BCUT2D eigenvalue weighted by atomic mass is 16.6. The van der Waals surface area contributed by atoms with Crippen LogP contribution in [0.1, 0.15) is 64.5 Å². The molecule has 2 amide bonds. The van der Waals surface area contributed by atoms with Crippen molar-refractivity contribution in [3.8, 4) is 0 Å². The van der Waals surface area contributed by atoms with Crippen LogP contribution in [0.3, 0.4) is 0 Å². The molecule has 7 nitrogen and oxygen atoms in total. The monoisotopic (exact) mass is 404 g/mol. The average Bonchev–Trinajstić information content (AvgIpc) is 2.68. The normalized spacial score (nSPS) is 17.3. The molecule has 160 valence electrons. The molecule has 29 heavy (non-hydrogen) atoms. The van der Waals surface area contributed by atoms with E-state index in [0.29, 0.717) is 19.4 Å². The van der Waals surface area contributed by atoms with Crippen LogP contribution in [-0.4, -0.2) is 39.5 Å². The molecule has 0 aromatic heterocycles. The van der Waals surface area contributed by atoms with Crippen molar-refractivity contribution in [1.82, 2.24) is 10.4 Å². The zero-order valence-electron chi connectivity index (χ0n) is 17.7. The Hall–Kier alpha value is -2.41. The van der Waals surface area contributed by atoms with Crippen LogP contribution >= 0.6 is 0 Å². The number of hydrogen-bond donors (Lipinski definition) is 2. The number of amides is 2. The van der Waals surface area contributed by atoms with Crippen LogP contribution in [-0.2, 0) is 32.1 Å². The molecule has 0 spiro atoms. The van der Waals surface area contributed by atoms with Crippen LogP contribution < -0.4 is 5.48 Å². The van der Waals surface area contributed by atoms with Gasteiger partial charge in [0.1, 0.15) is 11.6 Å². The molecule has 1 aliphatic rings. The van der Waals surface area contributed by atoms with E-state index in [9.17, 15) is 14.4 Å². The number of rotatable bonds is 7. The number of ether oxygens (including phenoxy) is 1. The minimum Gasteiger partial charge on any atom is -0.458 e. The van der Waals surface area contributed by atoms with E-state index in [-0.39, 0.29) is 12.3 Å². The molecule has 0 saturated heterocycles. The molecule has 2 N–H and O–H groups in total. The molecule has 1 heterocycles. The van der Waals surface area contributed by atoms with Crippen molar-refractivity contribution in [2.24, 2.45) is 5.92 Å². The molecule has 0 radical (unpaired) electrons.